The Labute approximate surface area is 511 Å². The molecule has 2 aliphatic heterocycles. The summed E-state index contributed by atoms with van der Waals surface area (Å²) >= 11 is 3.65. The SMILES string of the molecule is CCCCCCCCCCCCC(CCCCCCCCCC)CN1C(=O)/C(=C/C=C2/C(=O)N(CC(CCCCCCCCCC)CCCCCCCCCCCC)c3cc(-c4ccc(C)s4)ccc32)c2ccc(-c3ccc(C)s3)cc21. The third kappa shape index (κ3) is 22.9. The second-order valence-corrected chi connectivity index (χ2v) is 28.1. The van der Waals surface area contributed by atoms with Crippen LogP contribution in [0.5, 0.6) is 0 Å². The predicted octanol–water partition coefficient (Wildman–Crippen LogP) is 24.8. The summed E-state index contributed by atoms with van der Waals surface area (Å²) in [6.45, 7) is 15.1. The minimum Gasteiger partial charge on any atom is -0.307 e. The van der Waals surface area contributed by atoms with Crippen LogP contribution in [0, 0.1) is 25.7 Å². The fraction of sp³-hybridized carbons (Fsp3) is 0.658. The summed E-state index contributed by atoms with van der Waals surface area (Å²) in [5.41, 5.74) is 7.85. The Morgan fingerprint density at radius 1 is 0.354 bits per heavy atom. The van der Waals surface area contributed by atoms with Gasteiger partial charge in [0.05, 0.1) is 11.4 Å². The van der Waals surface area contributed by atoms with E-state index in [4.69, 9.17) is 0 Å². The lowest BCUT2D eigenvalue weighted by atomic mass is 9.93. The summed E-state index contributed by atoms with van der Waals surface area (Å²) in [4.78, 5) is 40.0. The van der Waals surface area contributed by atoms with Gasteiger partial charge < -0.3 is 9.80 Å². The van der Waals surface area contributed by atoms with E-state index in [1.165, 1.54) is 287 Å². The summed E-state index contributed by atoms with van der Waals surface area (Å²) in [6.07, 6.45) is 56.7. The van der Waals surface area contributed by atoms with E-state index in [-0.39, 0.29) is 11.8 Å². The van der Waals surface area contributed by atoms with Gasteiger partial charge in [0, 0.05) is 54.9 Å². The third-order valence-electron chi connectivity index (χ3n) is 18.3. The van der Waals surface area contributed by atoms with Crippen molar-refractivity contribution in [2.45, 2.75) is 298 Å². The van der Waals surface area contributed by atoms with E-state index in [9.17, 15) is 0 Å². The van der Waals surface area contributed by atoms with Gasteiger partial charge in [-0.3, -0.25) is 9.59 Å². The van der Waals surface area contributed by atoms with Crippen molar-refractivity contribution in [3.8, 4) is 20.9 Å². The quantitative estimate of drug-likeness (QED) is 0.0327. The van der Waals surface area contributed by atoms with Crippen molar-refractivity contribution in [3.63, 3.8) is 0 Å². The molecule has 0 radical (unpaired) electrons. The second-order valence-electron chi connectivity index (χ2n) is 25.5. The number of fused-ring (bicyclic) bond motifs is 2. The molecule has 4 nitrogen and oxygen atoms in total. The molecule has 4 aromatic rings. The Hall–Kier alpha value is -3.74. The molecule has 2 aromatic carbocycles. The molecule has 82 heavy (non-hydrogen) atoms. The van der Waals surface area contributed by atoms with Crippen LogP contribution in [-0.2, 0) is 9.59 Å². The molecule has 0 aliphatic carbocycles. The Morgan fingerprint density at radius 3 is 0.878 bits per heavy atom. The first-order valence-corrected chi connectivity index (χ1v) is 36.4. The van der Waals surface area contributed by atoms with Crippen molar-refractivity contribution in [1.82, 2.24) is 0 Å². The molecule has 2 aliphatic rings. The molecule has 0 fully saturated rings. The molecule has 6 heteroatoms. The first kappa shape index (κ1) is 67.4. The number of nitrogens with zero attached hydrogens (tertiary/aromatic N) is 2. The van der Waals surface area contributed by atoms with Gasteiger partial charge in [0.2, 0.25) is 0 Å². The van der Waals surface area contributed by atoms with Crippen molar-refractivity contribution in [2.24, 2.45) is 11.8 Å². The predicted molar refractivity (Wildman–Crippen MR) is 364 cm³/mol. The number of thiophene rings is 2. The van der Waals surface area contributed by atoms with E-state index in [1.54, 1.807) is 0 Å². The molecule has 2 aromatic heterocycles. The van der Waals surface area contributed by atoms with Crippen molar-refractivity contribution in [1.29, 1.82) is 0 Å². The zero-order valence-electron chi connectivity index (χ0n) is 53.3. The van der Waals surface area contributed by atoms with Crippen molar-refractivity contribution in [3.05, 3.63) is 93.7 Å². The van der Waals surface area contributed by atoms with Gasteiger partial charge >= 0.3 is 0 Å². The normalized spacial score (nSPS) is 15.0. The van der Waals surface area contributed by atoms with Crippen molar-refractivity contribution >= 4 is 57.0 Å². The molecule has 454 valence electrons. The van der Waals surface area contributed by atoms with Gasteiger partial charge in [0.25, 0.3) is 11.8 Å². The van der Waals surface area contributed by atoms with E-state index >= 15 is 9.59 Å². The second kappa shape index (κ2) is 39.8. The maximum Gasteiger partial charge on any atom is 0.258 e. The largest absolute Gasteiger partial charge is 0.307 e. The molecule has 0 saturated heterocycles. The summed E-state index contributed by atoms with van der Waals surface area (Å²) in [6, 6.07) is 22.3. The van der Waals surface area contributed by atoms with Crippen LogP contribution < -0.4 is 9.80 Å². The number of benzene rings is 2. The molecule has 2 unspecified atom stereocenters. The maximum atomic E-state index is 15.3. The van der Waals surface area contributed by atoms with E-state index in [2.05, 4.69) is 112 Å². The van der Waals surface area contributed by atoms with Gasteiger partial charge in [-0.25, -0.2) is 0 Å². The summed E-state index contributed by atoms with van der Waals surface area (Å²) in [7, 11) is 0. The number of carbonyl (C=O) groups is 2. The van der Waals surface area contributed by atoms with Crippen LogP contribution in [0.15, 0.2) is 72.8 Å². The molecule has 0 bridgehead atoms. The number of carbonyl (C=O) groups excluding carboxylic acids is 2. The Kier molecular flexibility index (Phi) is 32.7. The number of hydrogen-bond acceptors (Lipinski definition) is 4. The number of aryl methyl sites for hydroxylation is 2. The highest BCUT2D eigenvalue weighted by molar-refractivity contribution is 7.15. The van der Waals surface area contributed by atoms with Gasteiger partial charge in [0.15, 0.2) is 0 Å². The van der Waals surface area contributed by atoms with Gasteiger partial charge in [0.1, 0.15) is 0 Å². The van der Waals surface area contributed by atoms with E-state index in [1.807, 2.05) is 34.8 Å². The Balaban J connectivity index is 1.25. The van der Waals surface area contributed by atoms with Crippen LogP contribution in [0.2, 0.25) is 0 Å². The van der Waals surface area contributed by atoms with Gasteiger partial charge in [-0.2, -0.15) is 0 Å². The summed E-state index contributed by atoms with van der Waals surface area (Å²) < 4.78 is 0. The van der Waals surface area contributed by atoms with Crippen molar-refractivity contribution < 1.29 is 9.59 Å². The van der Waals surface area contributed by atoms with Crippen molar-refractivity contribution in [2.75, 3.05) is 22.9 Å². The molecule has 0 saturated carbocycles. The lowest BCUT2D eigenvalue weighted by molar-refractivity contribution is -0.114. The highest BCUT2D eigenvalue weighted by Crippen LogP contribution is 2.45. The van der Waals surface area contributed by atoms with Crippen LogP contribution >= 0.6 is 22.7 Å². The molecule has 6 rings (SSSR count). The van der Waals surface area contributed by atoms with E-state index in [0.717, 1.165) is 35.6 Å². The number of rotatable bonds is 47. The lowest BCUT2D eigenvalue weighted by Gasteiger charge is -2.25. The molecule has 2 amide bonds. The maximum absolute atomic E-state index is 15.3. The molecular formula is C76H116N2O2S2. The lowest BCUT2D eigenvalue weighted by Crippen LogP contribution is -2.32. The molecule has 0 spiro atoms. The topological polar surface area (TPSA) is 40.6 Å². The minimum atomic E-state index is 0.0863. The number of anilines is 2. The third-order valence-corrected chi connectivity index (χ3v) is 20.4. The highest BCUT2D eigenvalue weighted by atomic mass is 32.1. The number of allylic oxidation sites excluding steroid dienone is 2. The smallest absolute Gasteiger partial charge is 0.258 e. The van der Waals surface area contributed by atoms with E-state index < -0.39 is 0 Å². The standard InChI is InChI=1S/C76H116N2O2S2/c1-7-11-15-19-23-27-29-33-37-41-45-63(43-39-35-31-25-21-17-13-9-3)59-77-71-57-65(73-55-47-61(5)81-73)49-51-67(71)69(75(77)79)53-54-70-68-52-50-66(74-56-48-62(6)82-74)58-72(68)78(76(70)80)60-64(44-40-36-32-26-22-18-14-10-4)46-42-38-34-30-28-24-20-16-12-8-2/h47-58,63-64H,7-46,59-60H2,1-6H3/b69-53+,70-54+. The van der Waals surface area contributed by atoms with Gasteiger partial charge in [-0.15, -0.1) is 22.7 Å². The molecule has 2 atom stereocenters. The molecule has 4 heterocycles. The van der Waals surface area contributed by atoms with Crippen LogP contribution in [0.4, 0.5) is 11.4 Å². The Morgan fingerprint density at radius 2 is 0.622 bits per heavy atom. The fourth-order valence-electron chi connectivity index (χ4n) is 13.2. The first-order chi connectivity index (χ1) is 40.3. The average Bonchev–Trinajstić information content (AvgIpc) is 4.45. The number of amides is 2. The minimum absolute atomic E-state index is 0.0863. The monoisotopic (exact) mass is 1150 g/mol. The zero-order chi connectivity index (χ0) is 58.0. The number of hydrogen-bond donors (Lipinski definition) is 0. The average molecular weight is 1150 g/mol. The van der Waals surface area contributed by atoms with Gasteiger partial charge in [-0.05, 0) is 111 Å². The van der Waals surface area contributed by atoms with E-state index in [0.29, 0.717) is 23.0 Å². The van der Waals surface area contributed by atoms with Crippen LogP contribution in [0.25, 0.3) is 32.0 Å². The van der Waals surface area contributed by atoms with Gasteiger partial charge in [-0.1, -0.05) is 283 Å². The summed E-state index contributed by atoms with van der Waals surface area (Å²) in [5, 5.41) is 0. The number of unbranched alkanes of at least 4 members (excludes halogenated alkanes) is 32. The molecule has 0 N–H and O–H groups in total. The zero-order valence-corrected chi connectivity index (χ0v) is 54.9. The van der Waals surface area contributed by atoms with Crippen LogP contribution in [-0.4, -0.2) is 24.9 Å². The fourth-order valence-corrected chi connectivity index (χ4v) is 14.9. The molecular weight excluding hydrogens is 1040 g/mol. The summed E-state index contributed by atoms with van der Waals surface area (Å²) in [5.74, 6) is 1.08. The highest BCUT2D eigenvalue weighted by Gasteiger charge is 2.37. The van der Waals surface area contributed by atoms with Crippen LogP contribution in [0.3, 0.4) is 0 Å². The first-order valence-electron chi connectivity index (χ1n) is 34.7. The van der Waals surface area contributed by atoms with Crippen LogP contribution in [0.1, 0.15) is 305 Å². The Bertz CT molecular complexity index is 2300.